The summed E-state index contributed by atoms with van der Waals surface area (Å²) in [6.07, 6.45) is 6.25. The molecule has 5 nitrogen and oxygen atoms in total. The second kappa shape index (κ2) is 7.16. The van der Waals surface area contributed by atoms with Crippen LogP contribution in [0.2, 0.25) is 0 Å². The summed E-state index contributed by atoms with van der Waals surface area (Å²) in [5.41, 5.74) is 0.593. The molecule has 1 N–H and O–H groups in total. The molecule has 3 aliphatic rings. The summed E-state index contributed by atoms with van der Waals surface area (Å²) in [7, 11) is 0. The van der Waals surface area contributed by atoms with Gasteiger partial charge in [-0.1, -0.05) is 13.8 Å². The Morgan fingerprint density at radius 1 is 1.33 bits per heavy atom. The van der Waals surface area contributed by atoms with Gasteiger partial charge < -0.3 is 19.9 Å². The van der Waals surface area contributed by atoms with Gasteiger partial charge in [0, 0.05) is 29.1 Å². The summed E-state index contributed by atoms with van der Waals surface area (Å²) in [4.78, 5) is 12.3. The number of halogens is 3. The summed E-state index contributed by atoms with van der Waals surface area (Å²) in [5.74, 6) is 1.92. The summed E-state index contributed by atoms with van der Waals surface area (Å²) in [5, 5.41) is 2.00. The van der Waals surface area contributed by atoms with Crippen molar-refractivity contribution in [3.05, 3.63) is 12.7 Å². The van der Waals surface area contributed by atoms with E-state index in [1.165, 1.54) is 0 Å². The first-order valence-electron chi connectivity index (χ1n) is 9.20. The molecule has 0 aromatic carbocycles. The van der Waals surface area contributed by atoms with Gasteiger partial charge in [0.25, 0.3) is 0 Å². The molecule has 3 fully saturated rings. The van der Waals surface area contributed by atoms with Crippen LogP contribution in [0.1, 0.15) is 32.7 Å². The molecule has 3 saturated carbocycles. The minimum atomic E-state index is -2.74. The molecule has 7 atom stereocenters. The van der Waals surface area contributed by atoms with Crippen molar-refractivity contribution in [3.8, 4) is 0 Å². The van der Waals surface area contributed by atoms with Crippen molar-refractivity contribution in [2.24, 2.45) is 35.0 Å². The smallest absolute Gasteiger partial charge is 0.366 e. The molecule has 140 valence electrons. The average Bonchev–Trinajstić information content (AvgIpc) is 2.96. The van der Waals surface area contributed by atoms with Gasteiger partial charge in [-0.25, -0.2) is 0 Å². The Labute approximate surface area is 214 Å². The van der Waals surface area contributed by atoms with Crippen LogP contribution in [0.4, 0.5) is 19.0 Å². The van der Waals surface area contributed by atoms with Gasteiger partial charge in [0.15, 0.2) is 0 Å². The molecule has 0 amide bonds. The van der Waals surface area contributed by atoms with E-state index in [0.29, 0.717) is 34.8 Å². The molecule has 0 saturated heterocycles. The Balaban J connectivity index is 0.00000180. The number of alkyl halides is 3. The van der Waals surface area contributed by atoms with Gasteiger partial charge in [0.2, 0.25) is 0 Å². The van der Waals surface area contributed by atoms with Gasteiger partial charge in [0.05, 0.1) is 18.6 Å². The predicted octanol–water partition coefficient (Wildman–Crippen LogP) is 0.704. The van der Waals surface area contributed by atoms with Crippen molar-refractivity contribution in [3.63, 3.8) is 0 Å². The van der Waals surface area contributed by atoms with Crippen LogP contribution in [-0.2, 0) is 0 Å². The number of aromatic nitrogens is 4. The number of nitrogens with one attached hydrogen (secondary N) is 1. The zero-order valence-corrected chi connectivity index (χ0v) is 21.9. The molecule has 5 rings (SSSR count). The van der Waals surface area contributed by atoms with E-state index in [4.69, 9.17) is 0 Å². The average molecular weight is 497 g/mol. The number of fused-ring (bicyclic) bond motifs is 4. The largest absolute Gasteiger partial charge is 1.00 e. The molecule has 9 heteroatoms. The first-order valence-corrected chi connectivity index (χ1v) is 9.20. The summed E-state index contributed by atoms with van der Waals surface area (Å²) in [6.45, 7) is 1.35. The number of nitrogens with zero attached hydrogens (tertiary/aromatic N) is 4. The van der Waals surface area contributed by atoms with E-state index < -0.39 is 6.55 Å². The van der Waals surface area contributed by atoms with Crippen LogP contribution in [0.25, 0.3) is 11.2 Å². The van der Waals surface area contributed by atoms with Crippen LogP contribution in [0, 0.1) is 41.3 Å². The molecule has 0 bridgehead atoms. The Hall–Kier alpha value is 0.192. The molecule has 2 aromatic rings. The third kappa shape index (κ3) is 2.78. The van der Waals surface area contributed by atoms with Crippen LogP contribution in [0.3, 0.4) is 0 Å². The third-order valence-corrected chi connectivity index (χ3v) is 7.35. The topological polar surface area (TPSA) is 55.6 Å². The van der Waals surface area contributed by atoms with Crippen molar-refractivity contribution in [2.75, 3.05) is 12.0 Å². The Morgan fingerprint density at radius 2 is 2.11 bits per heavy atom. The zero-order valence-electron chi connectivity index (χ0n) is 15.7. The third-order valence-electron chi connectivity index (χ3n) is 7.35. The number of hydrogen-bond acceptors (Lipinski definition) is 4. The van der Waals surface area contributed by atoms with E-state index in [1.54, 1.807) is 6.33 Å². The van der Waals surface area contributed by atoms with Crippen LogP contribution in [0.5, 0.6) is 0 Å². The van der Waals surface area contributed by atoms with Crippen molar-refractivity contribution in [2.45, 2.75) is 39.3 Å². The normalized spacial score (nSPS) is 39.3. The fourth-order valence-electron chi connectivity index (χ4n) is 6.41. The Bertz CT molecular complexity index is 861. The molecular formula is C18H21CsF3N5. The minimum Gasteiger partial charge on any atom is -0.366 e. The van der Waals surface area contributed by atoms with E-state index >= 15 is 0 Å². The van der Waals surface area contributed by atoms with Gasteiger partial charge in [-0.2, -0.15) is 8.78 Å². The van der Waals surface area contributed by atoms with Gasteiger partial charge in [-0.15, -0.1) is 0 Å². The van der Waals surface area contributed by atoms with Crippen molar-refractivity contribution < 1.29 is 82.1 Å². The quantitative estimate of drug-likeness (QED) is 0.500. The molecular weight excluding hydrogens is 476 g/mol. The fourth-order valence-corrected chi connectivity index (χ4v) is 6.41. The summed E-state index contributed by atoms with van der Waals surface area (Å²) < 4.78 is 41.6. The van der Waals surface area contributed by atoms with Crippen LogP contribution in [-0.4, -0.2) is 32.7 Å². The van der Waals surface area contributed by atoms with E-state index in [2.05, 4.69) is 35.1 Å². The van der Waals surface area contributed by atoms with Gasteiger partial charge in [-0.05, 0) is 42.4 Å². The summed E-state index contributed by atoms with van der Waals surface area (Å²) in [6, 6.07) is 0.114. The maximum atomic E-state index is 14.1. The number of hydrogen-bond donors (Lipinski definition) is 1. The van der Waals surface area contributed by atoms with Crippen molar-refractivity contribution in [1.29, 1.82) is 0 Å². The maximum absolute atomic E-state index is 14.1. The van der Waals surface area contributed by atoms with E-state index in [-0.39, 0.29) is 98.8 Å². The molecule has 3 aliphatic carbocycles. The Morgan fingerprint density at radius 3 is 2.81 bits per heavy atom. The van der Waals surface area contributed by atoms with E-state index in [9.17, 15) is 13.2 Å². The van der Waals surface area contributed by atoms with Crippen molar-refractivity contribution >= 4 is 17.0 Å². The van der Waals surface area contributed by atoms with Crippen LogP contribution >= 0.6 is 0 Å². The predicted molar refractivity (Wildman–Crippen MR) is 89.3 cm³/mol. The Kier molecular flexibility index (Phi) is 5.42. The first-order chi connectivity index (χ1) is 12.5. The molecule has 27 heavy (non-hydrogen) atoms. The molecule has 2 heterocycles. The fraction of sp³-hybridized carbons (Fsp3) is 0.722. The van der Waals surface area contributed by atoms with Gasteiger partial charge in [0.1, 0.15) is 0 Å². The maximum Gasteiger partial charge on any atom is 1.00 e. The monoisotopic (exact) mass is 497 g/mol. The second-order valence-corrected chi connectivity index (χ2v) is 8.34. The van der Waals surface area contributed by atoms with Crippen molar-refractivity contribution in [1.82, 2.24) is 19.5 Å². The number of imidazole rings is 1. The van der Waals surface area contributed by atoms with Gasteiger partial charge >= 0.3 is 75.4 Å². The SMILES string of the molecule is CC1CC2C(C1)[C@]1(CF)C(C)C1[C@H]2n1cnc2c(NC(F)F)n[c-]nc21.[Cs+]. The number of rotatable bonds is 4. The van der Waals surface area contributed by atoms with Gasteiger partial charge in [-0.3, -0.25) is 9.37 Å². The second-order valence-electron chi connectivity index (χ2n) is 8.34. The number of anilines is 1. The first kappa shape index (κ1) is 20.5. The minimum absolute atomic E-state index is 0. The van der Waals surface area contributed by atoms with E-state index in [1.807, 2.05) is 9.88 Å². The molecule has 2 aromatic heterocycles. The molecule has 0 aliphatic heterocycles. The van der Waals surface area contributed by atoms with Crippen LogP contribution < -0.4 is 74.2 Å². The molecule has 5 unspecified atom stereocenters. The molecule has 0 spiro atoms. The van der Waals surface area contributed by atoms with E-state index in [0.717, 1.165) is 12.8 Å². The standard InChI is InChI=1S/C18H21F3N5.Cs/c1-8-3-10-11(4-8)18(5-19)9(2)12(18)14(10)26-7-24-13-15(25-17(20)21)22-6-23-16(13)26;/h7-12,14,17H,3-5H2,1-2H3,(H,22,23,25);/q-1;+1/t8?,9?,10?,11?,12?,14-,18-;/m0./s1. The molecule has 0 radical (unpaired) electrons. The zero-order chi connectivity index (χ0) is 18.2. The van der Waals surface area contributed by atoms with Crippen LogP contribution in [0.15, 0.2) is 6.33 Å². The summed E-state index contributed by atoms with van der Waals surface area (Å²) >= 11 is 0.